The first-order valence-electron chi connectivity index (χ1n) is 10.5. The van der Waals surface area contributed by atoms with Crippen molar-refractivity contribution in [2.75, 3.05) is 6.61 Å². The van der Waals surface area contributed by atoms with Crippen molar-refractivity contribution in [3.05, 3.63) is 71.5 Å². The Balaban J connectivity index is 1.59. The zero-order valence-electron chi connectivity index (χ0n) is 18.9. The molecule has 2 amide bonds. The number of Topliss-reactive ketones (excluding diaryl/α,β-unsaturated/α-hetero) is 1. The van der Waals surface area contributed by atoms with Crippen LogP contribution < -0.4 is 20.3 Å². The van der Waals surface area contributed by atoms with Crippen molar-refractivity contribution < 1.29 is 23.9 Å². The summed E-state index contributed by atoms with van der Waals surface area (Å²) in [6.07, 6.45) is -0.914. The predicted molar refractivity (Wildman–Crippen MR) is 121 cm³/mol. The van der Waals surface area contributed by atoms with Gasteiger partial charge in [-0.3, -0.25) is 25.2 Å². The first kappa shape index (κ1) is 23.5. The van der Waals surface area contributed by atoms with E-state index in [1.54, 1.807) is 42.8 Å². The van der Waals surface area contributed by atoms with Gasteiger partial charge in [-0.05, 0) is 64.1 Å². The Morgan fingerprint density at radius 3 is 2.24 bits per heavy atom. The molecule has 172 valence electrons. The van der Waals surface area contributed by atoms with Crippen molar-refractivity contribution in [1.82, 2.24) is 20.6 Å². The van der Waals surface area contributed by atoms with Crippen LogP contribution in [-0.2, 0) is 9.59 Å². The van der Waals surface area contributed by atoms with Gasteiger partial charge >= 0.3 is 5.91 Å². The number of nitrogens with one attached hydrogen (secondary N) is 2. The lowest BCUT2D eigenvalue weighted by Gasteiger charge is -2.15. The predicted octanol–water partition coefficient (Wildman–Crippen LogP) is 2.69. The lowest BCUT2D eigenvalue weighted by molar-refractivity contribution is -0.131. The second-order valence-corrected chi connectivity index (χ2v) is 7.23. The molecule has 0 radical (unpaired) electrons. The highest BCUT2D eigenvalue weighted by atomic mass is 16.5. The Morgan fingerprint density at radius 1 is 0.970 bits per heavy atom. The highest BCUT2D eigenvalue weighted by Gasteiger charge is 2.26. The summed E-state index contributed by atoms with van der Waals surface area (Å²) in [7, 11) is 0. The molecule has 33 heavy (non-hydrogen) atoms. The summed E-state index contributed by atoms with van der Waals surface area (Å²) in [6, 6.07) is 16.1. The van der Waals surface area contributed by atoms with E-state index in [2.05, 4.69) is 16.0 Å². The summed E-state index contributed by atoms with van der Waals surface area (Å²) in [4.78, 5) is 37.4. The van der Waals surface area contributed by atoms with Crippen molar-refractivity contribution in [3.8, 4) is 17.2 Å². The van der Waals surface area contributed by atoms with Gasteiger partial charge in [-0.15, -0.1) is 0 Å². The Hall–Kier alpha value is -4.14. The second kappa shape index (κ2) is 10.4. The first-order chi connectivity index (χ1) is 15.8. The van der Waals surface area contributed by atoms with Crippen LogP contribution in [-0.4, -0.2) is 40.1 Å². The van der Waals surface area contributed by atoms with Gasteiger partial charge in [0.1, 0.15) is 11.5 Å². The quantitative estimate of drug-likeness (QED) is 0.310. The number of hydrogen-bond donors (Lipinski definition) is 2. The fourth-order valence-corrected chi connectivity index (χ4v) is 3.22. The molecule has 2 aromatic carbocycles. The van der Waals surface area contributed by atoms with Crippen molar-refractivity contribution in [1.29, 1.82) is 0 Å². The Morgan fingerprint density at radius 2 is 1.61 bits per heavy atom. The number of nitrogens with zero attached hydrogens (tertiary/aromatic N) is 2. The molecule has 1 aromatic heterocycles. The molecule has 0 bridgehead atoms. The van der Waals surface area contributed by atoms with E-state index in [1.165, 1.54) is 6.92 Å². The van der Waals surface area contributed by atoms with Gasteiger partial charge in [0.2, 0.25) is 0 Å². The van der Waals surface area contributed by atoms with Crippen LogP contribution in [0.5, 0.6) is 11.5 Å². The van der Waals surface area contributed by atoms with Crippen LogP contribution in [0.4, 0.5) is 0 Å². The van der Waals surface area contributed by atoms with E-state index in [0.29, 0.717) is 29.5 Å². The molecule has 1 heterocycles. The van der Waals surface area contributed by atoms with Crippen LogP contribution in [0.2, 0.25) is 0 Å². The average Bonchev–Trinajstić information content (AvgIpc) is 3.12. The van der Waals surface area contributed by atoms with E-state index < -0.39 is 23.7 Å². The van der Waals surface area contributed by atoms with E-state index in [4.69, 9.17) is 9.47 Å². The molecule has 1 unspecified atom stereocenters. The minimum Gasteiger partial charge on any atom is -0.494 e. The summed E-state index contributed by atoms with van der Waals surface area (Å²) in [5, 5.41) is 4.37. The largest absolute Gasteiger partial charge is 0.494 e. The molecule has 9 heteroatoms. The van der Waals surface area contributed by atoms with Crippen LogP contribution in [0, 0.1) is 13.8 Å². The SMILES string of the molecule is CCOc1ccc(OC(C)C(=O)NNC(=O)C(=O)c2c(C)nn(-c3ccccc3)c2C)cc1. The summed E-state index contributed by atoms with van der Waals surface area (Å²) in [5.41, 5.74) is 6.27. The fraction of sp³-hybridized carbons (Fsp3) is 0.250. The van der Waals surface area contributed by atoms with E-state index in [0.717, 1.165) is 5.69 Å². The Labute approximate surface area is 191 Å². The molecule has 0 saturated heterocycles. The maximum absolute atomic E-state index is 12.7. The molecule has 0 saturated carbocycles. The Bertz CT molecular complexity index is 1140. The topological polar surface area (TPSA) is 112 Å². The molecule has 0 aliphatic heterocycles. The number of aromatic nitrogens is 2. The summed E-state index contributed by atoms with van der Waals surface area (Å²) >= 11 is 0. The fourth-order valence-electron chi connectivity index (χ4n) is 3.22. The van der Waals surface area contributed by atoms with E-state index in [1.807, 2.05) is 37.3 Å². The van der Waals surface area contributed by atoms with E-state index >= 15 is 0 Å². The van der Waals surface area contributed by atoms with Gasteiger partial charge < -0.3 is 9.47 Å². The third kappa shape index (κ3) is 5.57. The number of ether oxygens (including phenoxy) is 2. The van der Waals surface area contributed by atoms with Crippen LogP contribution in [0.25, 0.3) is 5.69 Å². The molecule has 0 fully saturated rings. The molecule has 9 nitrogen and oxygen atoms in total. The van der Waals surface area contributed by atoms with Gasteiger partial charge in [0.15, 0.2) is 6.10 Å². The van der Waals surface area contributed by atoms with Crippen LogP contribution in [0.1, 0.15) is 35.6 Å². The van der Waals surface area contributed by atoms with E-state index in [9.17, 15) is 14.4 Å². The van der Waals surface area contributed by atoms with E-state index in [-0.39, 0.29) is 5.56 Å². The minimum atomic E-state index is -0.976. The molecule has 0 aliphatic rings. The standard InChI is InChI=1S/C24H26N4O5/c1-5-32-19-11-13-20(14-12-19)33-17(4)23(30)25-26-24(31)22(29)21-15(2)27-28(16(21)3)18-9-7-6-8-10-18/h6-14,17H,5H2,1-4H3,(H,25,30)(H,26,31). The maximum Gasteiger partial charge on any atom is 0.310 e. The number of hydrogen-bond acceptors (Lipinski definition) is 6. The summed E-state index contributed by atoms with van der Waals surface area (Å²) in [6.45, 7) is 7.31. The van der Waals surface area contributed by atoms with Gasteiger partial charge in [0.25, 0.3) is 11.7 Å². The van der Waals surface area contributed by atoms with Gasteiger partial charge in [-0.2, -0.15) is 5.10 Å². The number of aryl methyl sites for hydroxylation is 1. The molecule has 3 rings (SSSR count). The van der Waals surface area contributed by atoms with Crippen molar-refractivity contribution in [3.63, 3.8) is 0 Å². The molecule has 2 N–H and O–H groups in total. The normalized spacial score (nSPS) is 11.4. The van der Waals surface area contributed by atoms with Crippen LogP contribution in [0.3, 0.4) is 0 Å². The summed E-state index contributed by atoms with van der Waals surface area (Å²) in [5.74, 6) is -1.24. The van der Waals surface area contributed by atoms with Gasteiger partial charge in [0.05, 0.1) is 29.2 Å². The molecular formula is C24H26N4O5. The molecule has 0 aliphatic carbocycles. The first-order valence-corrected chi connectivity index (χ1v) is 10.5. The Kier molecular flexibility index (Phi) is 7.45. The minimum absolute atomic E-state index is 0.185. The highest BCUT2D eigenvalue weighted by Crippen LogP contribution is 2.19. The number of carbonyl (C=O) groups is 3. The number of ketones is 1. The van der Waals surface area contributed by atoms with Gasteiger partial charge in [-0.1, -0.05) is 18.2 Å². The number of hydrazine groups is 1. The van der Waals surface area contributed by atoms with Gasteiger partial charge in [0, 0.05) is 0 Å². The number of carbonyl (C=O) groups excluding carboxylic acids is 3. The van der Waals surface area contributed by atoms with Crippen LogP contribution >= 0.6 is 0 Å². The monoisotopic (exact) mass is 450 g/mol. The van der Waals surface area contributed by atoms with Crippen molar-refractivity contribution in [2.24, 2.45) is 0 Å². The lowest BCUT2D eigenvalue weighted by atomic mass is 10.1. The molecular weight excluding hydrogens is 424 g/mol. The zero-order chi connectivity index (χ0) is 24.0. The molecule has 3 aromatic rings. The maximum atomic E-state index is 12.7. The highest BCUT2D eigenvalue weighted by molar-refractivity contribution is 6.43. The second-order valence-electron chi connectivity index (χ2n) is 7.23. The van der Waals surface area contributed by atoms with Crippen molar-refractivity contribution >= 4 is 17.6 Å². The third-order valence-corrected chi connectivity index (χ3v) is 4.84. The third-order valence-electron chi connectivity index (χ3n) is 4.84. The van der Waals surface area contributed by atoms with Crippen molar-refractivity contribution in [2.45, 2.75) is 33.8 Å². The smallest absolute Gasteiger partial charge is 0.310 e. The number of para-hydroxylation sites is 1. The summed E-state index contributed by atoms with van der Waals surface area (Å²) < 4.78 is 12.5. The van der Waals surface area contributed by atoms with Crippen LogP contribution in [0.15, 0.2) is 54.6 Å². The average molecular weight is 450 g/mol. The van der Waals surface area contributed by atoms with Gasteiger partial charge in [-0.25, -0.2) is 4.68 Å². The molecule has 1 atom stereocenters. The lowest BCUT2D eigenvalue weighted by Crippen LogP contribution is -2.49. The number of benzene rings is 2. The molecule has 0 spiro atoms. The zero-order valence-corrected chi connectivity index (χ0v) is 18.9. The number of amides is 2. The number of rotatable bonds is 8.